The van der Waals surface area contributed by atoms with Crippen molar-refractivity contribution in [2.24, 2.45) is 21.8 Å². The molecule has 0 aliphatic heterocycles. The SMILES string of the molecule is CC(C)=NCC(=O)OCC(C)C(=NCC(=O)O)C(C)C. The third kappa shape index (κ3) is 8.39. The number of aliphatic imine (C=N–C) groups is 2. The Morgan fingerprint density at radius 2 is 1.70 bits per heavy atom. The Balaban J connectivity index is 4.44. The largest absolute Gasteiger partial charge is 0.480 e. The molecule has 0 aliphatic carbocycles. The molecule has 0 aromatic carbocycles. The molecule has 0 heterocycles. The predicted octanol–water partition coefficient (Wildman–Crippen LogP) is 1.83. The molecule has 1 unspecified atom stereocenters. The highest BCUT2D eigenvalue weighted by Crippen LogP contribution is 2.10. The van der Waals surface area contributed by atoms with Crippen LogP contribution in [-0.2, 0) is 14.3 Å². The van der Waals surface area contributed by atoms with Gasteiger partial charge in [-0.25, -0.2) is 0 Å². The monoisotopic (exact) mass is 284 g/mol. The average molecular weight is 284 g/mol. The number of aliphatic carboxylic acids is 1. The van der Waals surface area contributed by atoms with Gasteiger partial charge in [-0.2, -0.15) is 0 Å². The van der Waals surface area contributed by atoms with E-state index in [9.17, 15) is 9.59 Å². The minimum Gasteiger partial charge on any atom is -0.480 e. The fourth-order valence-corrected chi connectivity index (χ4v) is 1.64. The fourth-order valence-electron chi connectivity index (χ4n) is 1.64. The van der Waals surface area contributed by atoms with E-state index in [1.54, 1.807) is 0 Å². The Labute approximate surface area is 120 Å². The molecule has 6 nitrogen and oxygen atoms in total. The van der Waals surface area contributed by atoms with Gasteiger partial charge >= 0.3 is 11.9 Å². The lowest BCUT2D eigenvalue weighted by molar-refractivity contribution is -0.142. The first-order valence-electron chi connectivity index (χ1n) is 6.63. The van der Waals surface area contributed by atoms with Crippen molar-refractivity contribution in [3.8, 4) is 0 Å². The van der Waals surface area contributed by atoms with Gasteiger partial charge in [-0.15, -0.1) is 0 Å². The molecule has 0 aliphatic rings. The summed E-state index contributed by atoms with van der Waals surface area (Å²) in [5.74, 6) is -1.36. The van der Waals surface area contributed by atoms with Crippen molar-refractivity contribution in [1.82, 2.24) is 0 Å². The third-order valence-electron chi connectivity index (χ3n) is 2.51. The van der Waals surface area contributed by atoms with Crippen LogP contribution in [0.25, 0.3) is 0 Å². The lowest BCUT2D eigenvalue weighted by Crippen LogP contribution is -2.25. The van der Waals surface area contributed by atoms with Crippen LogP contribution in [0.15, 0.2) is 9.98 Å². The predicted molar refractivity (Wildman–Crippen MR) is 78.5 cm³/mol. The van der Waals surface area contributed by atoms with E-state index in [0.717, 1.165) is 11.4 Å². The Morgan fingerprint density at radius 1 is 1.10 bits per heavy atom. The minimum atomic E-state index is -0.972. The summed E-state index contributed by atoms with van der Waals surface area (Å²) in [5, 5.41) is 8.66. The number of carbonyl (C=O) groups is 2. The van der Waals surface area contributed by atoms with Gasteiger partial charge in [0.25, 0.3) is 0 Å². The zero-order valence-electron chi connectivity index (χ0n) is 12.8. The summed E-state index contributed by atoms with van der Waals surface area (Å²) < 4.78 is 5.12. The van der Waals surface area contributed by atoms with Crippen molar-refractivity contribution in [3.63, 3.8) is 0 Å². The molecule has 1 N–H and O–H groups in total. The summed E-state index contributed by atoms with van der Waals surface area (Å²) in [7, 11) is 0. The smallest absolute Gasteiger partial charge is 0.327 e. The first-order chi connectivity index (χ1) is 9.23. The maximum absolute atomic E-state index is 11.4. The second-order valence-corrected chi connectivity index (χ2v) is 5.14. The molecule has 0 fully saturated rings. The van der Waals surface area contributed by atoms with Crippen LogP contribution in [0.3, 0.4) is 0 Å². The van der Waals surface area contributed by atoms with Crippen LogP contribution in [0, 0.1) is 11.8 Å². The molecule has 0 amide bonds. The van der Waals surface area contributed by atoms with Gasteiger partial charge in [0, 0.05) is 17.3 Å². The molecule has 0 bridgehead atoms. The number of hydrogen-bond donors (Lipinski definition) is 1. The van der Waals surface area contributed by atoms with Crippen LogP contribution >= 0.6 is 0 Å². The summed E-state index contributed by atoms with van der Waals surface area (Å²) in [4.78, 5) is 30.1. The van der Waals surface area contributed by atoms with Crippen LogP contribution in [0.5, 0.6) is 0 Å². The molecule has 0 spiro atoms. The molecule has 114 valence electrons. The van der Waals surface area contributed by atoms with Gasteiger partial charge < -0.3 is 9.84 Å². The molecule has 1 atom stereocenters. The zero-order valence-corrected chi connectivity index (χ0v) is 12.8. The first-order valence-corrected chi connectivity index (χ1v) is 6.63. The zero-order chi connectivity index (χ0) is 15.7. The second-order valence-electron chi connectivity index (χ2n) is 5.14. The number of ether oxygens (including phenoxy) is 1. The van der Waals surface area contributed by atoms with Gasteiger partial charge in [0.15, 0.2) is 0 Å². The highest BCUT2D eigenvalue weighted by atomic mass is 16.5. The van der Waals surface area contributed by atoms with Gasteiger partial charge in [-0.1, -0.05) is 20.8 Å². The van der Waals surface area contributed by atoms with E-state index in [0.29, 0.717) is 0 Å². The number of nitrogens with zero attached hydrogens (tertiary/aromatic N) is 2. The third-order valence-corrected chi connectivity index (χ3v) is 2.51. The van der Waals surface area contributed by atoms with Crippen molar-refractivity contribution < 1.29 is 19.4 Å². The topological polar surface area (TPSA) is 88.3 Å². The van der Waals surface area contributed by atoms with E-state index in [1.807, 2.05) is 34.6 Å². The summed E-state index contributed by atoms with van der Waals surface area (Å²) >= 11 is 0. The van der Waals surface area contributed by atoms with E-state index in [1.165, 1.54) is 0 Å². The van der Waals surface area contributed by atoms with Gasteiger partial charge in [-0.05, 0) is 19.8 Å². The molecular formula is C14H24N2O4. The summed E-state index contributed by atoms with van der Waals surface area (Å²) in [6.07, 6.45) is 0. The number of hydrogen-bond acceptors (Lipinski definition) is 5. The number of rotatable bonds is 8. The van der Waals surface area contributed by atoms with Crippen LogP contribution in [0.4, 0.5) is 0 Å². The van der Waals surface area contributed by atoms with E-state index in [-0.39, 0.29) is 37.5 Å². The highest BCUT2D eigenvalue weighted by Gasteiger charge is 2.16. The number of carbonyl (C=O) groups excluding carboxylic acids is 1. The second kappa shape index (κ2) is 9.23. The molecule has 0 rings (SSSR count). The van der Waals surface area contributed by atoms with Crippen LogP contribution in [0.1, 0.15) is 34.6 Å². The first kappa shape index (κ1) is 18.3. The van der Waals surface area contributed by atoms with E-state index in [2.05, 4.69) is 9.98 Å². The maximum Gasteiger partial charge on any atom is 0.327 e. The average Bonchev–Trinajstić information content (AvgIpc) is 2.33. The summed E-state index contributed by atoms with van der Waals surface area (Å²) in [6.45, 7) is 9.30. The molecule has 6 heteroatoms. The van der Waals surface area contributed by atoms with Crippen molar-refractivity contribution in [2.45, 2.75) is 34.6 Å². The molecule has 0 aromatic heterocycles. The van der Waals surface area contributed by atoms with Crippen molar-refractivity contribution in [1.29, 1.82) is 0 Å². The fraction of sp³-hybridized carbons (Fsp3) is 0.714. The molecule has 0 saturated carbocycles. The quantitative estimate of drug-likeness (QED) is 0.544. The minimum absolute atomic E-state index is 0.0122. The maximum atomic E-state index is 11.4. The van der Waals surface area contributed by atoms with Crippen molar-refractivity contribution in [2.75, 3.05) is 19.7 Å². The molecule has 0 saturated heterocycles. The number of carboxylic acid groups (broad SMARTS) is 1. The summed E-state index contributed by atoms with van der Waals surface area (Å²) in [6, 6.07) is 0. The molecule has 20 heavy (non-hydrogen) atoms. The highest BCUT2D eigenvalue weighted by molar-refractivity contribution is 5.90. The van der Waals surface area contributed by atoms with E-state index >= 15 is 0 Å². The Kier molecular flexibility index (Phi) is 8.43. The Morgan fingerprint density at radius 3 is 2.15 bits per heavy atom. The van der Waals surface area contributed by atoms with Crippen LogP contribution in [0.2, 0.25) is 0 Å². The van der Waals surface area contributed by atoms with Crippen molar-refractivity contribution >= 4 is 23.4 Å². The molecule has 0 aromatic rings. The van der Waals surface area contributed by atoms with Gasteiger partial charge in [0.2, 0.25) is 0 Å². The number of carboxylic acids is 1. The van der Waals surface area contributed by atoms with E-state index < -0.39 is 5.97 Å². The van der Waals surface area contributed by atoms with Crippen LogP contribution in [-0.4, -0.2) is 48.2 Å². The van der Waals surface area contributed by atoms with E-state index in [4.69, 9.17) is 9.84 Å². The van der Waals surface area contributed by atoms with Gasteiger partial charge in [0.1, 0.15) is 13.1 Å². The summed E-state index contributed by atoms with van der Waals surface area (Å²) in [5.41, 5.74) is 1.57. The van der Waals surface area contributed by atoms with Gasteiger partial charge in [0.05, 0.1) is 6.61 Å². The van der Waals surface area contributed by atoms with Gasteiger partial charge in [-0.3, -0.25) is 19.6 Å². The Hall–Kier alpha value is -1.72. The molecular weight excluding hydrogens is 260 g/mol. The lowest BCUT2D eigenvalue weighted by Gasteiger charge is -2.17. The standard InChI is InChI=1S/C14H24N2O4/c1-9(2)14(16-6-12(17)18)11(5)8-20-13(19)7-15-10(3)4/h9,11H,6-8H2,1-5H3,(H,17,18). The normalized spacial score (nSPS) is 13.0. The Bertz CT molecular complexity index is 396. The number of esters is 1. The molecule has 0 radical (unpaired) electrons. The van der Waals surface area contributed by atoms with Crippen molar-refractivity contribution in [3.05, 3.63) is 0 Å². The van der Waals surface area contributed by atoms with Crippen LogP contribution < -0.4 is 0 Å². The lowest BCUT2D eigenvalue weighted by atomic mass is 9.96.